The SMILES string of the molecule is Cc1nnc2n1C(=O)CN(C)C2. The van der Waals surface area contributed by atoms with E-state index in [2.05, 4.69) is 10.2 Å². The van der Waals surface area contributed by atoms with Crippen molar-refractivity contribution >= 4 is 5.91 Å². The fourth-order valence-corrected chi connectivity index (χ4v) is 1.43. The lowest BCUT2D eigenvalue weighted by Crippen LogP contribution is -2.37. The summed E-state index contributed by atoms with van der Waals surface area (Å²) in [6.45, 7) is 2.94. The number of aromatic nitrogens is 3. The van der Waals surface area contributed by atoms with Gasteiger partial charge in [0, 0.05) is 0 Å². The summed E-state index contributed by atoms with van der Waals surface area (Å²) in [6.07, 6.45) is 0. The quantitative estimate of drug-likeness (QED) is 0.529. The molecule has 0 aliphatic carbocycles. The van der Waals surface area contributed by atoms with Crippen LogP contribution in [0.1, 0.15) is 16.4 Å². The molecule has 5 nitrogen and oxygen atoms in total. The fraction of sp³-hybridized carbons (Fsp3) is 0.571. The number of fused-ring (bicyclic) bond motifs is 1. The molecule has 0 atom stereocenters. The first kappa shape index (κ1) is 7.42. The van der Waals surface area contributed by atoms with Crippen LogP contribution >= 0.6 is 0 Å². The highest BCUT2D eigenvalue weighted by atomic mass is 16.2. The van der Waals surface area contributed by atoms with Crippen LogP contribution in [0.2, 0.25) is 0 Å². The van der Waals surface area contributed by atoms with E-state index in [1.165, 1.54) is 0 Å². The predicted octanol–water partition coefficient (Wildman–Crippen LogP) is -0.328. The van der Waals surface area contributed by atoms with Crippen LogP contribution in [0, 0.1) is 6.92 Å². The van der Waals surface area contributed by atoms with Crippen molar-refractivity contribution < 1.29 is 4.79 Å². The van der Waals surface area contributed by atoms with Gasteiger partial charge in [-0.25, -0.2) is 0 Å². The largest absolute Gasteiger partial charge is 0.290 e. The number of nitrogens with zero attached hydrogens (tertiary/aromatic N) is 4. The second kappa shape index (κ2) is 2.38. The van der Waals surface area contributed by atoms with Gasteiger partial charge in [-0.05, 0) is 14.0 Å². The Morgan fingerprint density at radius 1 is 1.33 bits per heavy atom. The molecule has 0 radical (unpaired) electrons. The number of hydrogen-bond donors (Lipinski definition) is 0. The van der Waals surface area contributed by atoms with Crippen molar-refractivity contribution in [3.63, 3.8) is 0 Å². The predicted molar refractivity (Wildman–Crippen MR) is 41.7 cm³/mol. The summed E-state index contributed by atoms with van der Waals surface area (Å²) in [5.74, 6) is 1.48. The summed E-state index contributed by atoms with van der Waals surface area (Å²) >= 11 is 0. The van der Waals surface area contributed by atoms with E-state index in [4.69, 9.17) is 0 Å². The average molecular weight is 166 g/mol. The van der Waals surface area contributed by atoms with Crippen molar-refractivity contribution in [1.82, 2.24) is 19.7 Å². The van der Waals surface area contributed by atoms with Crippen molar-refractivity contribution in [2.45, 2.75) is 13.5 Å². The van der Waals surface area contributed by atoms with Crippen molar-refractivity contribution in [3.8, 4) is 0 Å². The summed E-state index contributed by atoms with van der Waals surface area (Å²) in [4.78, 5) is 13.3. The van der Waals surface area contributed by atoms with Crippen LogP contribution in [0.25, 0.3) is 0 Å². The maximum absolute atomic E-state index is 11.4. The normalized spacial score (nSPS) is 18.0. The smallest absolute Gasteiger partial charge is 0.247 e. The van der Waals surface area contributed by atoms with E-state index in [1.807, 2.05) is 11.9 Å². The molecular weight excluding hydrogens is 156 g/mol. The van der Waals surface area contributed by atoms with Gasteiger partial charge in [-0.15, -0.1) is 10.2 Å². The molecule has 2 rings (SSSR count). The first-order chi connectivity index (χ1) is 5.68. The fourth-order valence-electron chi connectivity index (χ4n) is 1.43. The monoisotopic (exact) mass is 166 g/mol. The van der Waals surface area contributed by atoms with Crippen molar-refractivity contribution in [3.05, 3.63) is 11.6 Å². The molecule has 1 aromatic heterocycles. The highest BCUT2D eigenvalue weighted by molar-refractivity contribution is 5.82. The summed E-state index contributed by atoms with van der Waals surface area (Å²) in [6, 6.07) is 0. The van der Waals surface area contributed by atoms with Crippen LogP contribution in [0.3, 0.4) is 0 Å². The van der Waals surface area contributed by atoms with E-state index in [0.717, 1.165) is 5.82 Å². The third kappa shape index (κ3) is 0.937. The first-order valence-electron chi connectivity index (χ1n) is 3.81. The number of likely N-dealkylation sites (N-methyl/N-ethyl adjacent to an activating group) is 1. The van der Waals surface area contributed by atoms with Crippen LogP contribution in [0.4, 0.5) is 0 Å². The van der Waals surface area contributed by atoms with Gasteiger partial charge >= 0.3 is 0 Å². The minimum Gasteiger partial charge on any atom is -0.290 e. The third-order valence-electron chi connectivity index (χ3n) is 1.96. The molecule has 0 amide bonds. The first-order valence-corrected chi connectivity index (χ1v) is 3.81. The third-order valence-corrected chi connectivity index (χ3v) is 1.96. The van der Waals surface area contributed by atoms with Gasteiger partial charge in [0.25, 0.3) is 0 Å². The molecule has 0 saturated carbocycles. The van der Waals surface area contributed by atoms with Gasteiger partial charge in [-0.1, -0.05) is 0 Å². The van der Waals surface area contributed by atoms with E-state index in [-0.39, 0.29) is 5.91 Å². The highest BCUT2D eigenvalue weighted by Crippen LogP contribution is 2.09. The highest BCUT2D eigenvalue weighted by Gasteiger charge is 2.23. The molecule has 1 aliphatic rings. The van der Waals surface area contributed by atoms with Crippen molar-refractivity contribution in [1.29, 1.82) is 0 Å². The molecule has 12 heavy (non-hydrogen) atoms. The number of carbonyl (C=O) groups is 1. The van der Waals surface area contributed by atoms with Crippen molar-refractivity contribution in [2.75, 3.05) is 13.6 Å². The van der Waals surface area contributed by atoms with Crippen LogP contribution in [0.15, 0.2) is 0 Å². The Morgan fingerprint density at radius 3 is 2.83 bits per heavy atom. The molecule has 0 N–H and O–H groups in total. The maximum Gasteiger partial charge on any atom is 0.247 e. The number of aryl methyl sites for hydroxylation is 1. The standard InChI is InChI=1S/C7H10N4O/c1-5-8-9-6-3-10(2)4-7(12)11(5)6/h3-4H2,1-2H3. The average Bonchev–Trinajstić information content (AvgIpc) is 2.31. The van der Waals surface area contributed by atoms with Gasteiger partial charge < -0.3 is 0 Å². The minimum absolute atomic E-state index is 0.0567. The molecule has 0 bridgehead atoms. The zero-order chi connectivity index (χ0) is 8.72. The molecule has 2 heterocycles. The molecule has 0 fully saturated rings. The molecule has 1 aliphatic heterocycles. The van der Waals surface area contributed by atoms with E-state index in [1.54, 1.807) is 11.5 Å². The summed E-state index contributed by atoms with van der Waals surface area (Å²) in [5.41, 5.74) is 0. The molecule has 0 saturated heterocycles. The van der Waals surface area contributed by atoms with Gasteiger partial charge in [0.2, 0.25) is 5.91 Å². The van der Waals surface area contributed by atoms with E-state index < -0.39 is 0 Å². The summed E-state index contributed by atoms with van der Waals surface area (Å²) < 4.78 is 1.58. The van der Waals surface area contributed by atoms with Gasteiger partial charge in [0.15, 0.2) is 5.82 Å². The lowest BCUT2D eigenvalue weighted by atomic mass is 10.3. The van der Waals surface area contributed by atoms with Gasteiger partial charge in [-0.3, -0.25) is 14.3 Å². The Balaban J connectivity index is 2.50. The molecule has 0 unspecified atom stereocenters. The van der Waals surface area contributed by atoms with Crippen molar-refractivity contribution in [2.24, 2.45) is 0 Å². The Hall–Kier alpha value is -1.23. The lowest BCUT2D eigenvalue weighted by Gasteiger charge is -2.21. The molecule has 0 spiro atoms. The van der Waals surface area contributed by atoms with Crippen LogP contribution < -0.4 is 0 Å². The van der Waals surface area contributed by atoms with Crippen LogP contribution in [-0.4, -0.2) is 39.2 Å². The minimum atomic E-state index is 0.0567. The second-order valence-electron chi connectivity index (χ2n) is 3.06. The number of hydrogen-bond acceptors (Lipinski definition) is 4. The Morgan fingerprint density at radius 2 is 2.08 bits per heavy atom. The maximum atomic E-state index is 11.4. The summed E-state index contributed by atoms with van der Waals surface area (Å²) in [7, 11) is 1.89. The molecule has 5 heteroatoms. The Bertz CT molecular complexity index is 330. The van der Waals surface area contributed by atoms with E-state index in [9.17, 15) is 4.79 Å². The lowest BCUT2D eigenvalue weighted by molar-refractivity contribution is 0.0814. The molecular formula is C7H10N4O. The summed E-state index contributed by atoms with van der Waals surface area (Å²) in [5, 5.41) is 7.76. The van der Waals surface area contributed by atoms with Crippen LogP contribution in [-0.2, 0) is 6.54 Å². The van der Waals surface area contributed by atoms with E-state index >= 15 is 0 Å². The topological polar surface area (TPSA) is 51.0 Å². The number of carbonyl (C=O) groups excluding carboxylic acids is 1. The molecule has 1 aromatic rings. The van der Waals surface area contributed by atoms with Gasteiger partial charge in [-0.2, -0.15) is 0 Å². The molecule has 0 aromatic carbocycles. The van der Waals surface area contributed by atoms with E-state index in [0.29, 0.717) is 18.9 Å². The van der Waals surface area contributed by atoms with Crippen LogP contribution in [0.5, 0.6) is 0 Å². The Kier molecular flexibility index (Phi) is 1.47. The van der Waals surface area contributed by atoms with Gasteiger partial charge in [0.05, 0.1) is 13.1 Å². The Labute approximate surface area is 70.0 Å². The number of rotatable bonds is 0. The molecule has 64 valence electrons. The zero-order valence-corrected chi connectivity index (χ0v) is 7.11. The van der Waals surface area contributed by atoms with Gasteiger partial charge in [0.1, 0.15) is 5.82 Å². The zero-order valence-electron chi connectivity index (χ0n) is 7.11. The second-order valence-corrected chi connectivity index (χ2v) is 3.06.